The molecule has 2 aromatic heterocycles. The first kappa shape index (κ1) is 12.7. The predicted octanol–water partition coefficient (Wildman–Crippen LogP) is 0.783. The summed E-state index contributed by atoms with van der Waals surface area (Å²) in [5.74, 6) is 1.14. The number of likely N-dealkylation sites (N-methyl/N-ethyl adjacent to an activating group) is 2. The molecule has 0 aliphatic rings. The normalized spacial score (nSPS) is 11.1. The Morgan fingerprint density at radius 2 is 2.28 bits per heavy atom. The average Bonchev–Trinajstić information content (AvgIpc) is 2.86. The van der Waals surface area contributed by atoms with Crippen LogP contribution < -0.4 is 5.32 Å². The summed E-state index contributed by atoms with van der Waals surface area (Å²) in [5, 5.41) is 7.03. The second kappa shape index (κ2) is 6.23. The van der Waals surface area contributed by atoms with Gasteiger partial charge in [0.25, 0.3) is 0 Å². The van der Waals surface area contributed by atoms with Gasteiger partial charge in [0.15, 0.2) is 0 Å². The van der Waals surface area contributed by atoms with Crippen molar-refractivity contribution in [3.63, 3.8) is 0 Å². The van der Waals surface area contributed by atoms with Crippen molar-refractivity contribution in [2.24, 2.45) is 0 Å². The summed E-state index contributed by atoms with van der Waals surface area (Å²) in [7, 11) is 3.95. The van der Waals surface area contributed by atoms with E-state index in [1.807, 2.05) is 32.3 Å². The number of aromatic nitrogens is 3. The van der Waals surface area contributed by atoms with Gasteiger partial charge in [-0.2, -0.15) is 4.98 Å². The summed E-state index contributed by atoms with van der Waals surface area (Å²) in [6.45, 7) is 2.50. The minimum Gasteiger partial charge on any atom is -0.337 e. The van der Waals surface area contributed by atoms with E-state index >= 15 is 0 Å². The Morgan fingerprint density at radius 1 is 1.39 bits per heavy atom. The Labute approximate surface area is 106 Å². The van der Waals surface area contributed by atoms with Gasteiger partial charge in [0.1, 0.15) is 5.69 Å². The lowest BCUT2D eigenvalue weighted by Gasteiger charge is -2.12. The van der Waals surface area contributed by atoms with Crippen molar-refractivity contribution >= 4 is 0 Å². The highest BCUT2D eigenvalue weighted by Crippen LogP contribution is 2.12. The number of hydrogen-bond donors (Lipinski definition) is 1. The molecule has 0 spiro atoms. The van der Waals surface area contributed by atoms with Crippen LogP contribution >= 0.6 is 0 Å². The van der Waals surface area contributed by atoms with Gasteiger partial charge in [0.05, 0.1) is 6.54 Å². The molecular weight excluding hydrogens is 230 g/mol. The van der Waals surface area contributed by atoms with E-state index in [-0.39, 0.29) is 0 Å². The molecule has 1 N–H and O–H groups in total. The standard InChI is InChI=1S/C12H17N5O/c1-13-7-8-17(2)9-11-15-12(16-18-11)10-5-3-4-6-14-10/h3-6,13H,7-9H2,1-2H3. The largest absolute Gasteiger partial charge is 0.337 e. The Hall–Kier alpha value is -1.79. The third kappa shape index (κ3) is 3.35. The van der Waals surface area contributed by atoms with Gasteiger partial charge in [-0.1, -0.05) is 11.2 Å². The first-order valence-corrected chi connectivity index (χ1v) is 5.86. The molecule has 0 atom stereocenters. The first-order valence-electron chi connectivity index (χ1n) is 5.86. The lowest BCUT2D eigenvalue weighted by atomic mass is 10.3. The molecule has 0 aliphatic carbocycles. The van der Waals surface area contributed by atoms with Crippen LogP contribution in [0.2, 0.25) is 0 Å². The second-order valence-corrected chi connectivity index (χ2v) is 4.07. The molecule has 2 rings (SSSR count). The molecular formula is C12H17N5O. The molecule has 0 unspecified atom stereocenters. The maximum absolute atomic E-state index is 5.21. The van der Waals surface area contributed by atoms with Crippen LogP contribution in [0.3, 0.4) is 0 Å². The summed E-state index contributed by atoms with van der Waals surface area (Å²) in [4.78, 5) is 10.6. The molecule has 0 saturated carbocycles. The van der Waals surface area contributed by atoms with Crippen molar-refractivity contribution in [2.45, 2.75) is 6.54 Å². The zero-order valence-electron chi connectivity index (χ0n) is 10.6. The number of rotatable bonds is 6. The molecule has 96 valence electrons. The van der Waals surface area contributed by atoms with Gasteiger partial charge >= 0.3 is 0 Å². The predicted molar refractivity (Wildman–Crippen MR) is 67.8 cm³/mol. The minimum atomic E-state index is 0.535. The van der Waals surface area contributed by atoms with Crippen molar-refractivity contribution < 1.29 is 4.52 Å². The summed E-state index contributed by atoms with van der Waals surface area (Å²) in [5.41, 5.74) is 0.727. The molecule has 6 heteroatoms. The molecule has 0 amide bonds. The van der Waals surface area contributed by atoms with Crippen molar-refractivity contribution in [2.75, 3.05) is 27.2 Å². The van der Waals surface area contributed by atoms with Crippen LogP contribution in [0.4, 0.5) is 0 Å². The third-order valence-electron chi connectivity index (χ3n) is 2.51. The zero-order chi connectivity index (χ0) is 12.8. The van der Waals surface area contributed by atoms with Crippen LogP contribution in [0.15, 0.2) is 28.9 Å². The van der Waals surface area contributed by atoms with Gasteiger partial charge in [-0.15, -0.1) is 0 Å². The SMILES string of the molecule is CNCCN(C)Cc1nc(-c2ccccn2)no1. The lowest BCUT2D eigenvalue weighted by molar-refractivity contribution is 0.268. The fourth-order valence-electron chi connectivity index (χ4n) is 1.53. The molecule has 2 aromatic rings. The van der Waals surface area contributed by atoms with E-state index in [0.717, 1.165) is 18.8 Å². The summed E-state index contributed by atoms with van der Waals surface area (Å²) < 4.78 is 5.21. The Balaban J connectivity index is 1.98. The van der Waals surface area contributed by atoms with Crippen molar-refractivity contribution in [3.8, 4) is 11.5 Å². The molecule has 0 fully saturated rings. The molecule has 0 bridgehead atoms. The zero-order valence-corrected chi connectivity index (χ0v) is 10.6. The summed E-state index contributed by atoms with van der Waals surface area (Å²) in [6.07, 6.45) is 1.71. The van der Waals surface area contributed by atoms with Crippen molar-refractivity contribution in [1.29, 1.82) is 0 Å². The minimum absolute atomic E-state index is 0.535. The van der Waals surface area contributed by atoms with E-state index in [9.17, 15) is 0 Å². The van der Waals surface area contributed by atoms with Gasteiger partial charge in [0.2, 0.25) is 11.7 Å². The number of hydrogen-bond acceptors (Lipinski definition) is 6. The van der Waals surface area contributed by atoms with E-state index in [0.29, 0.717) is 18.3 Å². The van der Waals surface area contributed by atoms with Gasteiger partial charge in [0, 0.05) is 19.3 Å². The second-order valence-electron chi connectivity index (χ2n) is 4.07. The van der Waals surface area contributed by atoms with Crippen LogP contribution in [0, 0.1) is 0 Å². The highest BCUT2D eigenvalue weighted by atomic mass is 16.5. The van der Waals surface area contributed by atoms with E-state index in [1.165, 1.54) is 0 Å². The van der Waals surface area contributed by atoms with Crippen LogP contribution in [-0.2, 0) is 6.54 Å². The Bertz CT molecular complexity index is 470. The van der Waals surface area contributed by atoms with Crippen LogP contribution in [0.1, 0.15) is 5.89 Å². The monoisotopic (exact) mass is 247 g/mol. The van der Waals surface area contributed by atoms with Crippen molar-refractivity contribution in [1.82, 2.24) is 25.3 Å². The molecule has 0 saturated heterocycles. The summed E-state index contributed by atoms with van der Waals surface area (Å²) in [6, 6.07) is 5.62. The smallest absolute Gasteiger partial charge is 0.241 e. The molecule has 6 nitrogen and oxygen atoms in total. The van der Waals surface area contributed by atoms with E-state index in [4.69, 9.17) is 4.52 Å². The van der Waals surface area contributed by atoms with Gasteiger partial charge in [-0.3, -0.25) is 9.88 Å². The van der Waals surface area contributed by atoms with Gasteiger partial charge in [-0.05, 0) is 26.2 Å². The van der Waals surface area contributed by atoms with Crippen LogP contribution in [0.25, 0.3) is 11.5 Å². The van der Waals surface area contributed by atoms with E-state index in [2.05, 4.69) is 25.3 Å². The maximum Gasteiger partial charge on any atom is 0.241 e. The number of nitrogens with zero attached hydrogens (tertiary/aromatic N) is 4. The fourth-order valence-corrected chi connectivity index (χ4v) is 1.53. The number of nitrogens with one attached hydrogen (secondary N) is 1. The Morgan fingerprint density at radius 3 is 3.00 bits per heavy atom. The topological polar surface area (TPSA) is 67.1 Å². The number of pyridine rings is 1. The van der Waals surface area contributed by atoms with Crippen LogP contribution in [-0.4, -0.2) is 47.2 Å². The quantitative estimate of drug-likeness (QED) is 0.813. The highest BCUT2D eigenvalue weighted by Gasteiger charge is 2.10. The molecule has 0 aliphatic heterocycles. The van der Waals surface area contributed by atoms with Crippen molar-refractivity contribution in [3.05, 3.63) is 30.3 Å². The first-order chi connectivity index (χ1) is 8.79. The molecule has 0 radical (unpaired) electrons. The van der Waals surface area contributed by atoms with E-state index in [1.54, 1.807) is 6.20 Å². The van der Waals surface area contributed by atoms with Gasteiger partial charge < -0.3 is 9.84 Å². The maximum atomic E-state index is 5.21. The van der Waals surface area contributed by atoms with Gasteiger partial charge in [-0.25, -0.2) is 0 Å². The molecule has 18 heavy (non-hydrogen) atoms. The van der Waals surface area contributed by atoms with E-state index < -0.39 is 0 Å². The van der Waals surface area contributed by atoms with Crippen LogP contribution in [0.5, 0.6) is 0 Å². The lowest BCUT2D eigenvalue weighted by Crippen LogP contribution is -2.27. The third-order valence-corrected chi connectivity index (χ3v) is 2.51. The average molecular weight is 247 g/mol. The molecule has 0 aromatic carbocycles. The Kier molecular flexibility index (Phi) is 4.38. The summed E-state index contributed by atoms with van der Waals surface area (Å²) >= 11 is 0. The highest BCUT2D eigenvalue weighted by molar-refractivity contribution is 5.46. The fraction of sp³-hybridized carbons (Fsp3) is 0.417. The molecule has 2 heterocycles.